The van der Waals surface area contributed by atoms with Crippen LogP contribution in [0.4, 0.5) is 20.2 Å². The third kappa shape index (κ3) is 5.29. The number of sulfonamides is 1. The van der Waals surface area contributed by atoms with Gasteiger partial charge in [0.2, 0.25) is 15.9 Å². The molecule has 0 aliphatic carbocycles. The summed E-state index contributed by atoms with van der Waals surface area (Å²) in [6, 6.07) is 7.24. The summed E-state index contributed by atoms with van der Waals surface area (Å²) < 4.78 is 56.9. The van der Waals surface area contributed by atoms with E-state index >= 15 is 0 Å². The van der Waals surface area contributed by atoms with Gasteiger partial charge < -0.3 is 10.1 Å². The fraction of sp³-hybridized carbons (Fsp3) is 0.263. The Morgan fingerprint density at radius 1 is 1.14 bits per heavy atom. The van der Waals surface area contributed by atoms with Crippen molar-refractivity contribution in [2.24, 2.45) is 0 Å². The number of hydrogen-bond donors (Lipinski definition) is 1. The Morgan fingerprint density at radius 3 is 2.38 bits per heavy atom. The van der Waals surface area contributed by atoms with Crippen molar-refractivity contribution in [1.82, 2.24) is 0 Å². The molecule has 0 fully saturated rings. The number of carbonyl (C=O) groups is 2. The van der Waals surface area contributed by atoms with Gasteiger partial charge in [-0.3, -0.25) is 9.10 Å². The molecule has 2 aromatic carbocycles. The van der Waals surface area contributed by atoms with Crippen molar-refractivity contribution in [3.05, 3.63) is 59.7 Å². The molecule has 0 saturated carbocycles. The molecule has 10 heteroatoms. The molecule has 0 aliphatic rings. The van der Waals surface area contributed by atoms with Crippen molar-refractivity contribution < 1.29 is 31.5 Å². The maximum atomic E-state index is 13.6. The van der Waals surface area contributed by atoms with E-state index < -0.39 is 39.6 Å². The zero-order valence-corrected chi connectivity index (χ0v) is 16.8. The van der Waals surface area contributed by atoms with Crippen molar-refractivity contribution in [3.63, 3.8) is 0 Å². The van der Waals surface area contributed by atoms with Crippen LogP contribution in [0, 0.1) is 11.6 Å². The topological polar surface area (TPSA) is 92.8 Å². The maximum absolute atomic E-state index is 13.6. The molecule has 0 aliphatic heterocycles. The van der Waals surface area contributed by atoms with Crippen LogP contribution in [0.25, 0.3) is 0 Å². The van der Waals surface area contributed by atoms with Crippen molar-refractivity contribution in [2.45, 2.75) is 19.9 Å². The second-order valence-electron chi connectivity index (χ2n) is 6.09. The number of rotatable bonds is 7. The number of amides is 1. The number of para-hydroxylation sites is 1. The lowest BCUT2D eigenvalue weighted by Gasteiger charge is -2.28. The van der Waals surface area contributed by atoms with Crippen LogP contribution in [0.5, 0.6) is 0 Å². The number of nitrogens with zero attached hydrogens (tertiary/aromatic N) is 1. The van der Waals surface area contributed by atoms with Gasteiger partial charge in [-0.15, -0.1) is 0 Å². The summed E-state index contributed by atoms with van der Waals surface area (Å²) in [5, 5.41) is 2.48. The molecule has 0 saturated heterocycles. The van der Waals surface area contributed by atoms with Gasteiger partial charge in [0.25, 0.3) is 0 Å². The van der Waals surface area contributed by atoms with Crippen molar-refractivity contribution in [3.8, 4) is 0 Å². The summed E-state index contributed by atoms with van der Waals surface area (Å²) in [4.78, 5) is 24.8. The first-order chi connectivity index (χ1) is 13.6. The highest BCUT2D eigenvalue weighted by Crippen LogP contribution is 2.24. The molecule has 1 N–H and O–H groups in total. The van der Waals surface area contributed by atoms with E-state index in [0.29, 0.717) is 10.4 Å². The first kappa shape index (κ1) is 22.3. The van der Waals surface area contributed by atoms with Crippen LogP contribution in [-0.2, 0) is 19.6 Å². The van der Waals surface area contributed by atoms with E-state index in [4.69, 9.17) is 4.74 Å². The molecule has 1 amide bonds. The lowest BCUT2D eigenvalue weighted by atomic mass is 10.1. The number of hydrogen-bond acceptors (Lipinski definition) is 5. The van der Waals surface area contributed by atoms with Gasteiger partial charge in [0, 0.05) is 6.07 Å². The Hall–Kier alpha value is -3.01. The summed E-state index contributed by atoms with van der Waals surface area (Å²) in [6.45, 7) is 3.05. The van der Waals surface area contributed by atoms with Crippen LogP contribution in [0.2, 0.25) is 0 Å². The van der Waals surface area contributed by atoms with Gasteiger partial charge in [0.05, 0.1) is 29.8 Å². The highest BCUT2D eigenvalue weighted by molar-refractivity contribution is 7.92. The Labute approximate surface area is 167 Å². The normalized spacial score (nSPS) is 12.2. The Morgan fingerprint density at radius 2 is 1.79 bits per heavy atom. The summed E-state index contributed by atoms with van der Waals surface area (Å²) in [5.74, 6) is -3.84. The van der Waals surface area contributed by atoms with E-state index in [-0.39, 0.29) is 23.5 Å². The van der Waals surface area contributed by atoms with E-state index in [1.807, 2.05) is 0 Å². The lowest BCUT2D eigenvalue weighted by Crippen LogP contribution is -2.45. The molecule has 0 unspecified atom stereocenters. The minimum Gasteiger partial charge on any atom is -0.462 e. The molecule has 7 nitrogen and oxygen atoms in total. The monoisotopic (exact) mass is 426 g/mol. The molecule has 2 rings (SSSR count). The number of nitrogens with one attached hydrogen (secondary N) is 1. The van der Waals surface area contributed by atoms with E-state index in [1.54, 1.807) is 19.1 Å². The van der Waals surface area contributed by atoms with Gasteiger partial charge in [0.1, 0.15) is 6.04 Å². The number of esters is 1. The first-order valence-electron chi connectivity index (χ1n) is 8.57. The van der Waals surface area contributed by atoms with Crippen molar-refractivity contribution in [1.29, 1.82) is 0 Å². The summed E-state index contributed by atoms with van der Waals surface area (Å²) >= 11 is 0. The van der Waals surface area contributed by atoms with E-state index in [0.717, 1.165) is 18.4 Å². The third-order valence-corrected chi connectivity index (χ3v) is 5.17. The fourth-order valence-electron chi connectivity index (χ4n) is 2.65. The number of benzene rings is 2. The molecule has 1 atom stereocenters. The molecule has 0 bridgehead atoms. The fourth-order valence-corrected chi connectivity index (χ4v) is 3.81. The first-order valence-corrected chi connectivity index (χ1v) is 10.4. The third-order valence-electron chi connectivity index (χ3n) is 3.93. The molecule has 156 valence electrons. The predicted molar refractivity (Wildman–Crippen MR) is 104 cm³/mol. The van der Waals surface area contributed by atoms with Gasteiger partial charge >= 0.3 is 5.97 Å². The van der Waals surface area contributed by atoms with Crippen LogP contribution < -0.4 is 9.62 Å². The van der Waals surface area contributed by atoms with Crippen LogP contribution in [0.15, 0.2) is 42.5 Å². The number of ether oxygens (including phenoxy) is 1. The number of anilines is 2. The van der Waals surface area contributed by atoms with E-state index in [9.17, 15) is 26.8 Å². The SMILES string of the molecule is CCOC(=O)c1ccccc1NC(=O)[C@@H](C)N(c1ccc(F)c(F)c1)S(C)(=O)=O. The largest absolute Gasteiger partial charge is 0.462 e. The quantitative estimate of drug-likeness (QED) is 0.688. The van der Waals surface area contributed by atoms with E-state index in [1.165, 1.54) is 19.1 Å². The summed E-state index contributed by atoms with van der Waals surface area (Å²) in [5.41, 5.74) is 0.00268. The molecular formula is C19H20F2N2O5S. The van der Waals surface area contributed by atoms with Crippen molar-refractivity contribution in [2.75, 3.05) is 22.5 Å². The van der Waals surface area contributed by atoms with Gasteiger partial charge in [-0.1, -0.05) is 12.1 Å². The zero-order chi connectivity index (χ0) is 21.8. The van der Waals surface area contributed by atoms with Gasteiger partial charge in [-0.2, -0.15) is 0 Å². The molecule has 0 radical (unpaired) electrons. The smallest absolute Gasteiger partial charge is 0.340 e. The van der Waals surface area contributed by atoms with E-state index in [2.05, 4.69) is 5.32 Å². The lowest BCUT2D eigenvalue weighted by molar-refractivity contribution is -0.116. The minimum absolute atomic E-state index is 0.0913. The van der Waals surface area contributed by atoms with Gasteiger partial charge in [-0.25, -0.2) is 22.0 Å². The Bertz CT molecular complexity index is 1030. The van der Waals surface area contributed by atoms with Crippen LogP contribution in [-0.4, -0.2) is 39.2 Å². The van der Waals surface area contributed by atoms with Gasteiger partial charge in [-0.05, 0) is 38.1 Å². The highest BCUT2D eigenvalue weighted by atomic mass is 32.2. The Balaban J connectivity index is 2.36. The van der Waals surface area contributed by atoms with Gasteiger partial charge in [0.15, 0.2) is 11.6 Å². The molecule has 29 heavy (non-hydrogen) atoms. The molecular weight excluding hydrogens is 406 g/mol. The second-order valence-corrected chi connectivity index (χ2v) is 7.95. The van der Waals surface area contributed by atoms with Crippen LogP contribution in [0.1, 0.15) is 24.2 Å². The standard InChI is InChI=1S/C19H20F2N2O5S/c1-4-28-19(25)14-7-5-6-8-17(14)22-18(24)12(2)23(29(3,26)27)13-9-10-15(20)16(21)11-13/h5-12H,4H2,1-3H3,(H,22,24)/t12-/m1/s1. The summed E-state index contributed by atoms with van der Waals surface area (Å²) in [6.07, 6.45) is 0.838. The van der Waals surface area contributed by atoms with Crippen molar-refractivity contribution >= 4 is 33.3 Å². The average molecular weight is 426 g/mol. The predicted octanol–water partition coefficient (Wildman–Crippen LogP) is 2.93. The zero-order valence-electron chi connectivity index (χ0n) is 16.0. The van der Waals surface area contributed by atoms with Crippen LogP contribution >= 0.6 is 0 Å². The second kappa shape index (κ2) is 8.99. The number of halogens is 2. The molecule has 0 heterocycles. The highest BCUT2D eigenvalue weighted by Gasteiger charge is 2.30. The molecule has 2 aromatic rings. The minimum atomic E-state index is -4.03. The number of carbonyl (C=O) groups excluding carboxylic acids is 2. The average Bonchev–Trinajstić information content (AvgIpc) is 2.64. The maximum Gasteiger partial charge on any atom is 0.340 e. The Kier molecular flexibility index (Phi) is 6.91. The molecule has 0 spiro atoms. The van der Waals surface area contributed by atoms with Crippen LogP contribution in [0.3, 0.4) is 0 Å². The summed E-state index contributed by atoms with van der Waals surface area (Å²) in [7, 11) is -4.03. The molecule has 0 aromatic heterocycles.